The number of hydrogen-bond acceptors (Lipinski definition) is 4. The van der Waals surface area contributed by atoms with Gasteiger partial charge in [0.15, 0.2) is 0 Å². The van der Waals surface area contributed by atoms with E-state index in [9.17, 15) is 14.4 Å². The molecule has 0 saturated carbocycles. The van der Waals surface area contributed by atoms with Crippen LogP contribution in [0.2, 0.25) is 0 Å². The summed E-state index contributed by atoms with van der Waals surface area (Å²) in [5.41, 5.74) is 0.193. The lowest BCUT2D eigenvalue weighted by atomic mass is 10.00. The monoisotopic (exact) mass is 424 g/mol. The predicted octanol–water partition coefficient (Wildman–Crippen LogP) is 2.22. The van der Waals surface area contributed by atoms with Crippen LogP contribution in [-0.4, -0.2) is 57.1 Å². The van der Waals surface area contributed by atoms with Gasteiger partial charge in [0.25, 0.3) is 0 Å². The fourth-order valence-electron chi connectivity index (χ4n) is 5.03. The quantitative estimate of drug-likeness (QED) is 0.527. The van der Waals surface area contributed by atoms with E-state index in [1.165, 1.54) is 41.5 Å². The number of piperidine rings is 2. The second kappa shape index (κ2) is 9.64. The second-order valence-electron chi connectivity index (χ2n) is 8.61. The Morgan fingerprint density at radius 3 is 2.19 bits per heavy atom. The molecule has 2 aliphatic heterocycles. The molecule has 2 aromatic rings. The lowest BCUT2D eigenvalue weighted by Crippen LogP contribution is -2.48. The largest absolute Gasteiger partial charge is 0.343 e. The maximum absolute atomic E-state index is 12.9. The molecular weight excluding hydrogens is 392 g/mol. The first-order valence-corrected chi connectivity index (χ1v) is 11.4. The molecule has 0 N–H and O–H groups in total. The summed E-state index contributed by atoms with van der Waals surface area (Å²) in [6, 6.07) is 7.92. The molecule has 4 rings (SSSR count). The SMILES string of the molecule is C=CCn1c(=O)c(=O)n(CCC(=O)N2CCC(N3CCCCC3)CC2)c2ccccc21. The van der Waals surface area contributed by atoms with E-state index < -0.39 is 11.1 Å². The van der Waals surface area contributed by atoms with Gasteiger partial charge >= 0.3 is 11.1 Å². The number of fused-ring (bicyclic) bond motifs is 1. The fourth-order valence-corrected chi connectivity index (χ4v) is 5.03. The number of aromatic nitrogens is 2. The van der Waals surface area contributed by atoms with Gasteiger partial charge in [-0.2, -0.15) is 0 Å². The summed E-state index contributed by atoms with van der Waals surface area (Å²) in [6.07, 6.45) is 7.77. The van der Waals surface area contributed by atoms with Crippen LogP contribution in [-0.2, 0) is 17.9 Å². The Morgan fingerprint density at radius 1 is 0.935 bits per heavy atom. The molecule has 0 unspecified atom stereocenters. The number of likely N-dealkylation sites (tertiary alicyclic amines) is 2. The predicted molar refractivity (Wildman–Crippen MR) is 122 cm³/mol. The van der Waals surface area contributed by atoms with Crippen molar-refractivity contribution in [2.24, 2.45) is 0 Å². The van der Waals surface area contributed by atoms with Gasteiger partial charge in [0.2, 0.25) is 5.91 Å². The highest BCUT2D eigenvalue weighted by Gasteiger charge is 2.27. The number of hydrogen-bond donors (Lipinski definition) is 0. The van der Waals surface area contributed by atoms with E-state index in [-0.39, 0.29) is 25.4 Å². The van der Waals surface area contributed by atoms with Crippen LogP contribution in [0.15, 0.2) is 46.5 Å². The lowest BCUT2D eigenvalue weighted by molar-refractivity contribution is -0.133. The zero-order chi connectivity index (χ0) is 21.8. The number of aryl methyl sites for hydroxylation is 1. The summed E-state index contributed by atoms with van der Waals surface area (Å²) in [6.45, 7) is 8.10. The number of allylic oxidation sites excluding steroid dienone is 1. The van der Waals surface area contributed by atoms with Crippen LogP contribution in [0.3, 0.4) is 0 Å². The highest BCUT2D eigenvalue weighted by molar-refractivity contribution is 5.77. The Balaban J connectivity index is 1.44. The second-order valence-corrected chi connectivity index (χ2v) is 8.61. The Bertz CT molecular complexity index is 1060. The number of carbonyl (C=O) groups excluding carboxylic acids is 1. The Labute approximate surface area is 182 Å². The van der Waals surface area contributed by atoms with Crippen LogP contribution in [0, 0.1) is 0 Å². The number of rotatable bonds is 6. The van der Waals surface area contributed by atoms with E-state index in [1.54, 1.807) is 6.08 Å². The molecule has 0 radical (unpaired) electrons. The molecule has 2 aliphatic rings. The van der Waals surface area contributed by atoms with Crippen LogP contribution in [0.1, 0.15) is 38.5 Å². The fraction of sp³-hybridized carbons (Fsp3) is 0.542. The summed E-state index contributed by atoms with van der Waals surface area (Å²) in [4.78, 5) is 42.7. The van der Waals surface area contributed by atoms with E-state index in [1.807, 2.05) is 29.2 Å². The number of para-hydroxylation sites is 2. The summed E-state index contributed by atoms with van der Waals surface area (Å²) in [5, 5.41) is 0. The smallest absolute Gasteiger partial charge is 0.317 e. The van der Waals surface area contributed by atoms with Crippen molar-refractivity contribution in [3.05, 3.63) is 57.6 Å². The molecule has 7 nitrogen and oxygen atoms in total. The first kappa shape index (κ1) is 21.6. The Kier molecular flexibility index (Phi) is 6.70. The van der Waals surface area contributed by atoms with Gasteiger partial charge < -0.3 is 14.4 Å². The first-order chi connectivity index (χ1) is 15.1. The molecule has 0 atom stereocenters. The molecule has 31 heavy (non-hydrogen) atoms. The number of amides is 1. The average molecular weight is 425 g/mol. The third-order valence-electron chi connectivity index (χ3n) is 6.72. The van der Waals surface area contributed by atoms with Crippen LogP contribution in [0.4, 0.5) is 0 Å². The molecule has 0 bridgehead atoms. The van der Waals surface area contributed by atoms with Crippen LogP contribution in [0.5, 0.6) is 0 Å². The molecule has 7 heteroatoms. The molecule has 0 spiro atoms. The molecule has 1 aromatic heterocycles. The van der Waals surface area contributed by atoms with E-state index in [0.29, 0.717) is 17.1 Å². The summed E-state index contributed by atoms with van der Waals surface area (Å²) in [7, 11) is 0. The minimum absolute atomic E-state index is 0.0587. The van der Waals surface area contributed by atoms with Gasteiger partial charge in [0.05, 0.1) is 11.0 Å². The topological polar surface area (TPSA) is 67.5 Å². The van der Waals surface area contributed by atoms with E-state index in [2.05, 4.69) is 11.5 Å². The van der Waals surface area contributed by atoms with Crippen LogP contribution < -0.4 is 11.1 Å². The third-order valence-corrected chi connectivity index (χ3v) is 6.72. The van der Waals surface area contributed by atoms with Crippen molar-refractivity contribution in [1.82, 2.24) is 18.9 Å². The van der Waals surface area contributed by atoms with E-state index in [0.717, 1.165) is 25.9 Å². The van der Waals surface area contributed by atoms with Crippen molar-refractivity contribution in [2.75, 3.05) is 26.2 Å². The molecule has 1 aromatic carbocycles. The highest BCUT2D eigenvalue weighted by Crippen LogP contribution is 2.21. The zero-order valence-corrected chi connectivity index (χ0v) is 18.2. The van der Waals surface area contributed by atoms with Gasteiger partial charge in [-0.1, -0.05) is 24.6 Å². The first-order valence-electron chi connectivity index (χ1n) is 11.4. The standard InChI is InChI=1S/C24H32N4O3/c1-2-13-27-20-8-4-5-9-21(20)28(24(31)23(27)30)18-12-22(29)26-16-10-19(11-17-26)25-14-6-3-7-15-25/h2,4-5,8-9,19H,1,3,6-7,10-18H2. The van der Waals surface area contributed by atoms with Crippen molar-refractivity contribution in [3.63, 3.8) is 0 Å². The van der Waals surface area contributed by atoms with Crippen LogP contribution >= 0.6 is 0 Å². The normalized spacial score (nSPS) is 18.4. The van der Waals surface area contributed by atoms with E-state index in [4.69, 9.17) is 0 Å². The average Bonchev–Trinajstić information content (AvgIpc) is 2.82. The third kappa shape index (κ3) is 4.51. The van der Waals surface area contributed by atoms with Gasteiger partial charge in [-0.05, 0) is 50.9 Å². The Morgan fingerprint density at radius 2 is 1.55 bits per heavy atom. The summed E-state index contributed by atoms with van der Waals surface area (Å²) >= 11 is 0. The molecule has 2 fully saturated rings. The van der Waals surface area contributed by atoms with Crippen LogP contribution in [0.25, 0.3) is 11.0 Å². The number of carbonyl (C=O) groups is 1. The molecule has 3 heterocycles. The highest BCUT2D eigenvalue weighted by atomic mass is 16.2. The summed E-state index contributed by atoms with van der Waals surface area (Å²) in [5.74, 6) is 0.0587. The van der Waals surface area contributed by atoms with Crippen molar-refractivity contribution in [1.29, 1.82) is 0 Å². The van der Waals surface area contributed by atoms with Gasteiger partial charge in [-0.25, -0.2) is 0 Å². The summed E-state index contributed by atoms with van der Waals surface area (Å²) < 4.78 is 2.89. The van der Waals surface area contributed by atoms with Crippen molar-refractivity contribution in [2.45, 2.75) is 57.7 Å². The van der Waals surface area contributed by atoms with Gasteiger partial charge in [0.1, 0.15) is 0 Å². The van der Waals surface area contributed by atoms with Gasteiger partial charge in [-0.15, -0.1) is 6.58 Å². The molecule has 2 saturated heterocycles. The van der Waals surface area contributed by atoms with Gasteiger partial charge in [-0.3, -0.25) is 19.0 Å². The molecular formula is C24H32N4O3. The van der Waals surface area contributed by atoms with Crippen molar-refractivity contribution >= 4 is 16.9 Å². The van der Waals surface area contributed by atoms with E-state index >= 15 is 0 Å². The molecule has 1 amide bonds. The maximum Gasteiger partial charge on any atom is 0.317 e. The zero-order valence-electron chi connectivity index (χ0n) is 18.2. The number of nitrogens with zero attached hydrogens (tertiary/aromatic N) is 4. The van der Waals surface area contributed by atoms with Crippen molar-refractivity contribution < 1.29 is 4.79 Å². The maximum atomic E-state index is 12.9. The van der Waals surface area contributed by atoms with Gasteiger partial charge in [0, 0.05) is 38.6 Å². The Hall–Kier alpha value is -2.67. The molecule has 166 valence electrons. The minimum Gasteiger partial charge on any atom is -0.343 e. The minimum atomic E-state index is -0.586. The molecule has 0 aliphatic carbocycles. The van der Waals surface area contributed by atoms with Crippen molar-refractivity contribution in [3.8, 4) is 0 Å². The lowest BCUT2D eigenvalue weighted by Gasteiger charge is -2.40. The number of benzene rings is 1.